The van der Waals surface area contributed by atoms with Crippen molar-refractivity contribution in [2.45, 2.75) is 25.4 Å². The number of hydrogen-bond acceptors (Lipinski definition) is 5. The third-order valence-electron chi connectivity index (χ3n) is 5.22. The SMILES string of the molecule is O=c1oc2ccccc2c2sc3c(c12)C(=CN1CCCCC1)C(O)C=C3. The molecule has 3 heterocycles. The van der Waals surface area contributed by atoms with E-state index in [2.05, 4.69) is 4.90 Å². The summed E-state index contributed by atoms with van der Waals surface area (Å²) in [5, 5.41) is 12.2. The number of likely N-dealkylation sites (tertiary alicyclic amines) is 1. The molecule has 0 bridgehead atoms. The number of thiophene rings is 1. The average molecular weight is 365 g/mol. The molecule has 1 fully saturated rings. The van der Waals surface area contributed by atoms with Crippen molar-refractivity contribution in [3.05, 3.63) is 57.4 Å². The molecule has 2 aromatic heterocycles. The van der Waals surface area contributed by atoms with Crippen LogP contribution in [0.1, 0.15) is 29.7 Å². The van der Waals surface area contributed by atoms with Gasteiger partial charge in [0.05, 0.1) is 16.2 Å². The fourth-order valence-corrected chi connectivity index (χ4v) is 5.20. The number of nitrogens with zero attached hydrogens (tertiary/aromatic N) is 1. The monoisotopic (exact) mass is 365 g/mol. The van der Waals surface area contributed by atoms with Gasteiger partial charge in [-0.25, -0.2) is 4.79 Å². The van der Waals surface area contributed by atoms with Crippen molar-refractivity contribution < 1.29 is 9.52 Å². The van der Waals surface area contributed by atoms with Crippen LogP contribution in [-0.4, -0.2) is 29.2 Å². The minimum absolute atomic E-state index is 0.330. The molecule has 0 saturated carbocycles. The number of piperidine rings is 1. The Morgan fingerprint density at radius 1 is 1.19 bits per heavy atom. The minimum Gasteiger partial charge on any atom is -0.422 e. The van der Waals surface area contributed by atoms with Gasteiger partial charge < -0.3 is 14.4 Å². The number of benzene rings is 1. The van der Waals surface area contributed by atoms with Crippen molar-refractivity contribution in [1.82, 2.24) is 4.90 Å². The van der Waals surface area contributed by atoms with E-state index in [0.717, 1.165) is 39.2 Å². The van der Waals surface area contributed by atoms with E-state index >= 15 is 0 Å². The van der Waals surface area contributed by atoms with E-state index in [0.29, 0.717) is 11.0 Å². The molecule has 3 aromatic rings. The summed E-state index contributed by atoms with van der Waals surface area (Å²) in [6.45, 7) is 1.99. The molecule has 1 aliphatic carbocycles. The second-order valence-corrected chi connectivity index (χ2v) is 7.97. The van der Waals surface area contributed by atoms with Crippen LogP contribution in [0.2, 0.25) is 0 Å². The van der Waals surface area contributed by atoms with Crippen molar-refractivity contribution in [1.29, 1.82) is 0 Å². The largest absolute Gasteiger partial charge is 0.422 e. The van der Waals surface area contributed by atoms with Crippen molar-refractivity contribution in [3.63, 3.8) is 0 Å². The van der Waals surface area contributed by atoms with Crippen molar-refractivity contribution in [2.75, 3.05) is 13.1 Å². The van der Waals surface area contributed by atoms with Gasteiger partial charge >= 0.3 is 5.63 Å². The van der Waals surface area contributed by atoms with Crippen LogP contribution in [0, 0.1) is 0 Å². The molecular weight excluding hydrogens is 346 g/mol. The fraction of sp³-hybridized carbons (Fsp3) is 0.286. The summed E-state index contributed by atoms with van der Waals surface area (Å²) in [5.74, 6) is 0. The Bertz CT molecular complexity index is 1120. The van der Waals surface area contributed by atoms with Gasteiger partial charge in [0.1, 0.15) is 5.58 Å². The lowest BCUT2D eigenvalue weighted by atomic mass is 9.93. The predicted octanol–water partition coefficient (Wildman–Crippen LogP) is 4.22. The first-order valence-corrected chi connectivity index (χ1v) is 9.85. The Labute approximate surface area is 154 Å². The number of para-hydroxylation sites is 1. The third kappa shape index (κ3) is 2.42. The second kappa shape index (κ2) is 6.11. The summed E-state index contributed by atoms with van der Waals surface area (Å²) >= 11 is 1.59. The number of rotatable bonds is 1. The maximum atomic E-state index is 12.8. The molecule has 1 saturated heterocycles. The molecule has 1 atom stereocenters. The van der Waals surface area contributed by atoms with Gasteiger partial charge in [-0.2, -0.15) is 0 Å². The Morgan fingerprint density at radius 3 is 2.85 bits per heavy atom. The first kappa shape index (κ1) is 15.9. The van der Waals surface area contributed by atoms with Gasteiger partial charge in [0.2, 0.25) is 0 Å². The summed E-state index contributed by atoms with van der Waals surface area (Å²) < 4.78 is 6.51. The Morgan fingerprint density at radius 2 is 2.00 bits per heavy atom. The van der Waals surface area contributed by atoms with Crippen LogP contribution in [-0.2, 0) is 0 Å². The first-order valence-electron chi connectivity index (χ1n) is 9.03. The molecule has 1 aliphatic heterocycles. The molecule has 132 valence electrons. The molecular formula is C21H19NO3S. The van der Waals surface area contributed by atoms with Gasteiger partial charge in [-0.3, -0.25) is 0 Å². The third-order valence-corrected chi connectivity index (χ3v) is 6.41. The van der Waals surface area contributed by atoms with Crippen molar-refractivity contribution >= 4 is 44.0 Å². The fourth-order valence-electron chi connectivity index (χ4n) is 3.95. The first-order chi connectivity index (χ1) is 12.7. The van der Waals surface area contributed by atoms with E-state index < -0.39 is 6.10 Å². The summed E-state index contributed by atoms with van der Waals surface area (Å²) in [4.78, 5) is 16.0. The van der Waals surface area contributed by atoms with Gasteiger partial charge in [-0.1, -0.05) is 18.2 Å². The van der Waals surface area contributed by atoms with Crippen LogP contribution in [0.15, 0.2) is 45.8 Å². The van der Waals surface area contributed by atoms with Crippen LogP contribution in [0.4, 0.5) is 0 Å². The number of fused-ring (bicyclic) bond motifs is 5. The molecule has 0 amide bonds. The highest BCUT2D eigenvalue weighted by Gasteiger charge is 2.27. The summed E-state index contributed by atoms with van der Waals surface area (Å²) in [6, 6.07) is 7.63. The quantitative estimate of drug-likeness (QED) is 0.656. The molecule has 2 aliphatic rings. The number of aliphatic hydroxyl groups is 1. The van der Waals surface area contributed by atoms with Crippen LogP contribution < -0.4 is 5.63 Å². The minimum atomic E-state index is -0.701. The molecule has 5 heteroatoms. The normalized spacial score (nSPS) is 21.7. The van der Waals surface area contributed by atoms with Gasteiger partial charge in [0, 0.05) is 40.7 Å². The molecule has 26 heavy (non-hydrogen) atoms. The molecule has 1 aromatic carbocycles. The van der Waals surface area contributed by atoms with E-state index in [1.54, 1.807) is 17.4 Å². The molecule has 1 unspecified atom stereocenters. The topological polar surface area (TPSA) is 53.7 Å². The second-order valence-electron chi connectivity index (χ2n) is 6.92. The summed E-state index contributed by atoms with van der Waals surface area (Å²) in [7, 11) is 0. The standard InChI is InChI=1S/C21H19NO3S/c23-15-8-9-17-18(14(15)12-22-10-4-1-5-11-22)19-20(26-17)13-6-2-3-7-16(13)25-21(19)24/h2-3,6-9,12,15,23H,1,4-5,10-11H2. The smallest absolute Gasteiger partial charge is 0.345 e. The Hall–Kier alpha value is -2.37. The van der Waals surface area contributed by atoms with Crippen molar-refractivity contribution in [2.24, 2.45) is 0 Å². The molecule has 4 nitrogen and oxygen atoms in total. The maximum Gasteiger partial charge on any atom is 0.345 e. The van der Waals surface area contributed by atoms with E-state index in [4.69, 9.17) is 4.42 Å². The van der Waals surface area contributed by atoms with Gasteiger partial charge in [0.15, 0.2) is 0 Å². The molecule has 1 N–H and O–H groups in total. The van der Waals surface area contributed by atoms with E-state index in [9.17, 15) is 9.90 Å². The zero-order chi connectivity index (χ0) is 17.7. The Balaban J connectivity index is 1.79. The van der Waals surface area contributed by atoms with Crippen LogP contribution in [0.5, 0.6) is 0 Å². The van der Waals surface area contributed by atoms with Crippen LogP contribution in [0.3, 0.4) is 0 Å². The highest BCUT2D eigenvalue weighted by atomic mass is 32.1. The van der Waals surface area contributed by atoms with E-state index in [1.165, 1.54) is 19.3 Å². The Kier molecular flexibility index (Phi) is 3.72. The van der Waals surface area contributed by atoms with E-state index in [1.807, 2.05) is 36.5 Å². The molecule has 0 spiro atoms. The number of hydrogen-bond donors (Lipinski definition) is 1. The van der Waals surface area contributed by atoms with Gasteiger partial charge in [-0.05, 0) is 37.5 Å². The van der Waals surface area contributed by atoms with Crippen LogP contribution in [0.25, 0.3) is 32.7 Å². The average Bonchev–Trinajstić information content (AvgIpc) is 3.06. The number of aliphatic hydroxyl groups excluding tert-OH is 1. The molecule has 5 rings (SSSR count). The van der Waals surface area contributed by atoms with E-state index in [-0.39, 0.29) is 5.63 Å². The lowest BCUT2D eigenvalue weighted by Gasteiger charge is -2.28. The molecule has 0 radical (unpaired) electrons. The van der Waals surface area contributed by atoms with Crippen molar-refractivity contribution in [3.8, 4) is 0 Å². The zero-order valence-corrected chi connectivity index (χ0v) is 15.1. The zero-order valence-electron chi connectivity index (χ0n) is 14.3. The summed E-state index contributed by atoms with van der Waals surface area (Å²) in [6.07, 6.45) is 8.66. The summed E-state index contributed by atoms with van der Waals surface area (Å²) in [5.41, 5.74) is 1.92. The maximum absolute atomic E-state index is 12.8. The highest BCUT2D eigenvalue weighted by molar-refractivity contribution is 7.21. The van der Waals surface area contributed by atoms with Gasteiger partial charge in [0.25, 0.3) is 0 Å². The lowest BCUT2D eigenvalue weighted by Crippen LogP contribution is -2.26. The lowest BCUT2D eigenvalue weighted by molar-refractivity contribution is 0.272. The van der Waals surface area contributed by atoms with Gasteiger partial charge in [-0.15, -0.1) is 11.3 Å². The predicted molar refractivity (Wildman–Crippen MR) is 106 cm³/mol. The highest BCUT2D eigenvalue weighted by Crippen LogP contribution is 2.42. The van der Waals surface area contributed by atoms with Crippen LogP contribution >= 0.6 is 11.3 Å².